The predicted octanol–water partition coefficient (Wildman–Crippen LogP) is 1.68. The quantitative estimate of drug-likeness (QED) is 0.927. The van der Waals surface area contributed by atoms with E-state index >= 15 is 0 Å². The van der Waals surface area contributed by atoms with E-state index in [-0.39, 0.29) is 12.0 Å². The Hall–Kier alpha value is -2.47. The van der Waals surface area contributed by atoms with Crippen LogP contribution in [0.4, 0.5) is 5.82 Å². The summed E-state index contributed by atoms with van der Waals surface area (Å²) in [5.74, 6) is 1.62. The van der Waals surface area contributed by atoms with Crippen molar-refractivity contribution in [2.75, 3.05) is 31.6 Å². The maximum absolute atomic E-state index is 12.5. The van der Waals surface area contributed by atoms with Crippen molar-refractivity contribution in [2.45, 2.75) is 6.10 Å². The van der Waals surface area contributed by atoms with Gasteiger partial charge in [-0.3, -0.25) is 9.78 Å². The largest absolute Gasteiger partial charge is 0.376 e. The van der Waals surface area contributed by atoms with Crippen LogP contribution in [0.3, 0.4) is 0 Å². The highest BCUT2D eigenvalue weighted by Crippen LogP contribution is 2.34. The number of anilines is 1. The molecule has 1 amide bonds. The van der Waals surface area contributed by atoms with Gasteiger partial charge < -0.3 is 15.0 Å². The number of carbonyl (C=O) groups excluding carboxylic acids is 1. The smallest absolute Gasteiger partial charge is 0.272 e. The Kier molecular flexibility index (Phi) is 4.13. The number of nitrogens with zero attached hydrogens (tertiary/aromatic N) is 3. The van der Waals surface area contributed by atoms with E-state index in [9.17, 15) is 4.79 Å². The van der Waals surface area contributed by atoms with Gasteiger partial charge in [0.1, 0.15) is 11.5 Å². The van der Waals surface area contributed by atoms with Crippen LogP contribution in [0.5, 0.6) is 0 Å². The highest BCUT2D eigenvalue weighted by Gasteiger charge is 2.45. The summed E-state index contributed by atoms with van der Waals surface area (Å²) in [5, 5.41) is 3.37. The zero-order chi connectivity index (χ0) is 16.4. The van der Waals surface area contributed by atoms with E-state index < -0.39 is 0 Å². The molecule has 2 aliphatic heterocycles. The first-order valence-corrected chi connectivity index (χ1v) is 8.28. The highest BCUT2D eigenvalue weighted by atomic mass is 16.5. The van der Waals surface area contributed by atoms with E-state index in [0.29, 0.717) is 24.1 Å². The highest BCUT2D eigenvalue weighted by molar-refractivity contribution is 5.92. The van der Waals surface area contributed by atoms with Gasteiger partial charge in [-0.1, -0.05) is 12.1 Å². The van der Waals surface area contributed by atoms with Crippen molar-refractivity contribution in [3.8, 4) is 0 Å². The molecular formula is C18H20N4O2. The molecule has 4 rings (SSSR count). The minimum atomic E-state index is -0.00923. The number of likely N-dealkylation sites (tertiary alicyclic amines) is 1. The normalized spacial score (nSPS) is 25.5. The molecule has 6 nitrogen and oxygen atoms in total. The molecule has 2 fully saturated rings. The van der Waals surface area contributed by atoms with E-state index in [0.717, 1.165) is 25.5 Å². The molecule has 0 aromatic carbocycles. The number of hydrogen-bond acceptors (Lipinski definition) is 5. The Morgan fingerprint density at radius 1 is 1.17 bits per heavy atom. The van der Waals surface area contributed by atoms with Gasteiger partial charge >= 0.3 is 0 Å². The van der Waals surface area contributed by atoms with Crippen molar-refractivity contribution in [3.05, 3.63) is 54.5 Å². The minimum Gasteiger partial charge on any atom is -0.376 e. The molecular weight excluding hydrogens is 304 g/mol. The van der Waals surface area contributed by atoms with Crippen molar-refractivity contribution < 1.29 is 9.53 Å². The molecule has 0 aliphatic carbocycles. The molecule has 0 saturated carbocycles. The number of carbonyl (C=O) groups is 1. The first-order chi connectivity index (χ1) is 11.8. The average molecular weight is 324 g/mol. The number of hydrogen-bond donors (Lipinski definition) is 1. The Morgan fingerprint density at radius 3 is 2.75 bits per heavy atom. The monoisotopic (exact) mass is 324 g/mol. The van der Waals surface area contributed by atoms with Crippen LogP contribution in [0.15, 0.2) is 48.8 Å². The Balaban J connectivity index is 1.37. The van der Waals surface area contributed by atoms with Crippen molar-refractivity contribution >= 4 is 11.7 Å². The SMILES string of the molecule is O=C(c1ccccn1)N1C[C@H]2[C@H](CNc3ccccn3)CO[C@H]2C1. The number of amides is 1. The Labute approximate surface area is 140 Å². The van der Waals surface area contributed by atoms with Gasteiger partial charge in [-0.2, -0.15) is 0 Å². The summed E-state index contributed by atoms with van der Waals surface area (Å²) in [5.41, 5.74) is 0.501. The molecule has 0 unspecified atom stereocenters. The number of pyridine rings is 2. The first kappa shape index (κ1) is 15.1. The average Bonchev–Trinajstić information content (AvgIpc) is 3.22. The summed E-state index contributed by atoms with van der Waals surface area (Å²) < 4.78 is 5.92. The van der Waals surface area contributed by atoms with Crippen LogP contribution >= 0.6 is 0 Å². The second-order valence-electron chi connectivity index (χ2n) is 6.32. The van der Waals surface area contributed by atoms with Gasteiger partial charge in [0.15, 0.2) is 0 Å². The molecule has 0 spiro atoms. The molecule has 0 radical (unpaired) electrons. The molecule has 4 heterocycles. The van der Waals surface area contributed by atoms with Crippen molar-refractivity contribution in [3.63, 3.8) is 0 Å². The van der Waals surface area contributed by atoms with Gasteiger partial charge in [0.05, 0.1) is 12.7 Å². The Morgan fingerprint density at radius 2 is 2.00 bits per heavy atom. The van der Waals surface area contributed by atoms with Gasteiger partial charge in [0.2, 0.25) is 0 Å². The predicted molar refractivity (Wildman–Crippen MR) is 89.6 cm³/mol. The molecule has 1 N–H and O–H groups in total. The van der Waals surface area contributed by atoms with Gasteiger partial charge in [0.25, 0.3) is 5.91 Å². The lowest BCUT2D eigenvalue weighted by atomic mass is 9.93. The molecule has 3 atom stereocenters. The molecule has 24 heavy (non-hydrogen) atoms. The summed E-state index contributed by atoms with van der Waals surface area (Å²) in [6, 6.07) is 11.2. The zero-order valence-electron chi connectivity index (χ0n) is 13.3. The summed E-state index contributed by atoms with van der Waals surface area (Å²) in [4.78, 5) is 22.9. The topological polar surface area (TPSA) is 67.4 Å². The van der Waals surface area contributed by atoms with Crippen LogP contribution in [0.1, 0.15) is 10.5 Å². The number of aromatic nitrogens is 2. The molecule has 124 valence electrons. The molecule has 2 aromatic heterocycles. The summed E-state index contributed by atoms with van der Waals surface area (Å²) in [7, 11) is 0. The first-order valence-electron chi connectivity index (χ1n) is 8.28. The zero-order valence-corrected chi connectivity index (χ0v) is 13.3. The van der Waals surface area contributed by atoms with Crippen molar-refractivity contribution in [2.24, 2.45) is 11.8 Å². The van der Waals surface area contributed by atoms with E-state index in [1.165, 1.54) is 0 Å². The summed E-state index contributed by atoms with van der Waals surface area (Å²) in [6.07, 6.45) is 3.56. The van der Waals surface area contributed by atoms with Crippen LogP contribution in [0.25, 0.3) is 0 Å². The number of fused-ring (bicyclic) bond motifs is 1. The molecule has 6 heteroatoms. The van der Waals surface area contributed by atoms with E-state index in [1.54, 1.807) is 18.5 Å². The van der Waals surface area contributed by atoms with Crippen LogP contribution in [0, 0.1) is 11.8 Å². The summed E-state index contributed by atoms with van der Waals surface area (Å²) >= 11 is 0. The third kappa shape index (κ3) is 2.97. The molecule has 2 aromatic rings. The number of nitrogens with one attached hydrogen (secondary N) is 1. The van der Waals surface area contributed by atoms with Crippen LogP contribution in [-0.4, -0.2) is 53.1 Å². The standard InChI is InChI=1S/C18H20N4O2/c23-18(15-5-1-3-7-19-15)22-10-14-13(12-24-16(14)11-22)9-21-17-6-2-4-8-20-17/h1-8,13-14,16H,9-12H2,(H,20,21)/t13-,14+,16+/m1/s1. The maximum Gasteiger partial charge on any atom is 0.272 e. The molecule has 2 saturated heterocycles. The lowest BCUT2D eigenvalue weighted by Crippen LogP contribution is -2.32. The lowest BCUT2D eigenvalue weighted by molar-refractivity contribution is 0.0675. The van der Waals surface area contributed by atoms with Gasteiger partial charge in [-0.15, -0.1) is 0 Å². The van der Waals surface area contributed by atoms with Crippen LogP contribution in [0.2, 0.25) is 0 Å². The maximum atomic E-state index is 12.5. The fourth-order valence-electron chi connectivity index (χ4n) is 3.53. The second kappa shape index (κ2) is 6.57. The van der Waals surface area contributed by atoms with Crippen LogP contribution < -0.4 is 5.32 Å². The molecule has 0 bridgehead atoms. The fourth-order valence-corrected chi connectivity index (χ4v) is 3.53. The second-order valence-corrected chi connectivity index (χ2v) is 6.32. The Bertz CT molecular complexity index is 695. The fraction of sp³-hybridized carbons (Fsp3) is 0.389. The summed E-state index contributed by atoms with van der Waals surface area (Å²) in [6.45, 7) is 2.93. The molecule has 2 aliphatic rings. The van der Waals surface area contributed by atoms with Gasteiger partial charge in [-0.05, 0) is 24.3 Å². The van der Waals surface area contributed by atoms with E-state index in [4.69, 9.17) is 4.74 Å². The lowest BCUT2D eigenvalue weighted by Gasteiger charge is -2.20. The van der Waals surface area contributed by atoms with Crippen molar-refractivity contribution in [1.82, 2.24) is 14.9 Å². The third-order valence-corrected chi connectivity index (χ3v) is 4.82. The van der Waals surface area contributed by atoms with Gasteiger partial charge in [-0.25, -0.2) is 4.98 Å². The van der Waals surface area contributed by atoms with E-state index in [2.05, 4.69) is 15.3 Å². The third-order valence-electron chi connectivity index (χ3n) is 4.82. The number of ether oxygens (including phenoxy) is 1. The number of rotatable bonds is 4. The van der Waals surface area contributed by atoms with E-state index in [1.807, 2.05) is 35.2 Å². The van der Waals surface area contributed by atoms with Gasteiger partial charge in [0, 0.05) is 43.9 Å². The minimum absolute atomic E-state index is 0.00923. The van der Waals surface area contributed by atoms with Crippen molar-refractivity contribution in [1.29, 1.82) is 0 Å². The van der Waals surface area contributed by atoms with Crippen LogP contribution in [-0.2, 0) is 4.74 Å².